The van der Waals surface area contributed by atoms with Crippen LogP contribution < -0.4 is 0 Å². The highest BCUT2D eigenvalue weighted by molar-refractivity contribution is 5.90. The zero-order chi connectivity index (χ0) is 13.9. The molecule has 1 aliphatic rings. The van der Waals surface area contributed by atoms with Gasteiger partial charge in [0.25, 0.3) is 0 Å². The average Bonchev–Trinajstić information content (AvgIpc) is 2.39. The molecule has 0 heterocycles. The first-order chi connectivity index (χ1) is 9.05. The van der Waals surface area contributed by atoms with E-state index in [1.807, 2.05) is 0 Å². The van der Waals surface area contributed by atoms with E-state index in [0.717, 1.165) is 32.1 Å². The lowest BCUT2D eigenvalue weighted by molar-refractivity contribution is -0.138. The van der Waals surface area contributed by atoms with E-state index in [4.69, 9.17) is 0 Å². The van der Waals surface area contributed by atoms with Crippen LogP contribution in [-0.2, 0) is 10.2 Å². The number of carbonyl (C=O) groups is 2. The van der Waals surface area contributed by atoms with Crippen LogP contribution in [0.5, 0.6) is 0 Å². The van der Waals surface area contributed by atoms with E-state index in [2.05, 4.69) is 0 Å². The van der Waals surface area contributed by atoms with Gasteiger partial charge in [-0.25, -0.2) is 4.79 Å². The molecular formula is C15H18O4. The maximum atomic E-state index is 11.3. The van der Waals surface area contributed by atoms with Gasteiger partial charge in [0.15, 0.2) is 0 Å². The first-order valence-electron chi connectivity index (χ1n) is 6.60. The molecule has 0 aromatic heterocycles. The van der Waals surface area contributed by atoms with Gasteiger partial charge in [0.05, 0.1) is 12.0 Å². The van der Waals surface area contributed by atoms with Crippen LogP contribution in [0.15, 0.2) is 24.3 Å². The van der Waals surface area contributed by atoms with Crippen LogP contribution >= 0.6 is 0 Å². The molecular weight excluding hydrogens is 244 g/mol. The van der Waals surface area contributed by atoms with E-state index in [1.54, 1.807) is 24.3 Å². The van der Waals surface area contributed by atoms with Crippen LogP contribution in [0.3, 0.4) is 0 Å². The van der Waals surface area contributed by atoms with Crippen LogP contribution in [0.4, 0.5) is 0 Å². The molecule has 4 nitrogen and oxygen atoms in total. The SMILES string of the molecule is O=C(O)CC1(c2ccccc2C(=O)O)CCCCC1. The van der Waals surface area contributed by atoms with E-state index >= 15 is 0 Å². The number of carboxylic acids is 2. The maximum absolute atomic E-state index is 11.3. The number of aromatic carboxylic acids is 1. The average molecular weight is 262 g/mol. The van der Waals surface area contributed by atoms with E-state index in [0.29, 0.717) is 5.56 Å². The highest BCUT2D eigenvalue weighted by Crippen LogP contribution is 2.43. The van der Waals surface area contributed by atoms with Gasteiger partial charge in [0.1, 0.15) is 0 Å². The van der Waals surface area contributed by atoms with Crippen molar-refractivity contribution >= 4 is 11.9 Å². The highest BCUT2D eigenvalue weighted by Gasteiger charge is 2.38. The fourth-order valence-electron chi connectivity index (χ4n) is 3.19. The Balaban J connectivity index is 2.48. The lowest BCUT2D eigenvalue weighted by Gasteiger charge is -2.37. The van der Waals surface area contributed by atoms with Crippen molar-refractivity contribution in [2.75, 3.05) is 0 Å². The lowest BCUT2D eigenvalue weighted by Crippen LogP contribution is -2.33. The van der Waals surface area contributed by atoms with Crippen molar-refractivity contribution in [2.24, 2.45) is 0 Å². The van der Waals surface area contributed by atoms with Gasteiger partial charge in [0.2, 0.25) is 0 Å². The second kappa shape index (κ2) is 5.43. The van der Waals surface area contributed by atoms with Crippen molar-refractivity contribution < 1.29 is 19.8 Å². The maximum Gasteiger partial charge on any atom is 0.335 e. The molecule has 1 fully saturated rings. The minimum Gasteiger partial charge on any atom is -0.481 e. The minimum atomic E-state index is -0.981. The van der Waals surface area contributed by atoms with Gasteiger partial charge in [-0.05, 0) is 24.5 Å². The molecule has 0 saturated heterocycles. The molecule has 1 saturated carbocycles. The fourth-order valence-corrected chi connectivity index (χ4v) is 3.19. The minimum absolute atomic E-state index is 0.0112. The molecule has 2 rings (SSSR count). The smallest absolute Gasteiger partial charge is 0.335 e. The van der Waals surface area contributed by atoms with Gasteiger partial charge >= 0.3 is 11.9 Å². The molecule has 1 aromatic rings. The summed E-state index contributed by atoms with van der Waals surface area (Å²) >= 11 is 0. The normalized spacial score (nSPS) is 17.9. The molecule has 0 bridgehead atoms. The summed E-state index contributed by atoms with van der Waals surface area (Å²) in [6.07, 6.45) is 4.53. The summed E-state index contributed by atoms with van der Waals surface area (Å²) in [5.41, 5.74) is 0.411. The van der Waals surface area contributed by atoms with Gasteiger partial charge in [-0.2, -0.15) is 0 Å². The molecule has 1 aromatic carbocycles. The molecule has 0 atom stereocenters. The van der Waals surface area contributed by atoms with Crippen LogP contribution in [0.2, 0.25) is 0 Å². The Morgan fingerprint density at radius 2 is 1.68 bits per heavy atom. The van der Waals surface area contributed by atoms with Crippen molar-refractivity contribution in [2.45, 2.75) is 43.9 Å². The predicted molar refractivity (Wildman–Crippen MR) is 70.4 cm³/mol. The van der Waals surface area contributed by atoms with Gasteiger partial charge in [-0.3, -0.25) is 4.79 Å². The van der Waals surface area contributed by atoms with E-state index in [9.17, 15) is 19.8 Å². The molecule has 1 aliphatic carbocycles. The molecule has 0 unspecified atom stereocenters. The van der Waals surface area contributed by atoms with E-state index < -0.39 is 17.4 Å². The van der Waals surface area contributed by atoms with E-state index in [1.165, 1.54) is 0 Å². The predicted octanol–water partition coefficient (Wildman–Crippen LogP) is 3.06. The van der Waals surface area contributed by atoms with Crippen molar-refractivity contribution in [3.05, 3.63) is 35.4 Å². The third kappa shape index (κ3) is 2.78. The lowest BCUT2D eigenvalue weighted by atomic mass is 9.66. The molecule has 0 spiro atoms. The molecule has 0 amide bonds. The zero-order valence-corrected chi connectivity index (χ0v) is 10.8. The first kappa shape index (κ1) is 13.6. The largest absolute Gasteiger partial charge is 0.481 e. The van der Waals surface area contributed by atoms with Crippen molar-refractivity contribution in [1.82, 2.24) is 0 Å². The Kier molecular flexibility index (Phi) is 3.88. The summed E-state index contributed by atoms with van der Waals surface area (Å²) in [4.78, 5) is 22.5. The Bertz CT molecular complexity index is 487. The van der Waals surface area contributed by atoms with Crippen LogP contribution in [0, 0.1) is 0 Å². The third-order valence-electron chi connectivity index (χ3n) is 4.03. The summed E-state index contributed by atoms with van der Waals surface area (Å²) in [5, 5.41) is 18.5. The van der Waals surface area contributed by atoms with Crippen molar-refractivity contribution in [3.63, 3.8) is 0 Å². The third-order valence-corrected chi connectivity index (χ3v) is 4.03. The Hall–Kier alpha value is -1.84. The number of benzene rings is 1. The molecule has 2 N–H and O–H groups in total. The van der Waals surface area contributed by atoms with Gasteiger partial charge in [0, 0.05) is 5.41 Å². The van der Waals surface area contributed by atoms with Crippen molar-refractivity contribution in [3.8, 4) is 0 Å². The number of hydrogen-bond donors (Lipinski definition) is 2. The zero-order valence-electron chi connectivity index (χ0n) is 10.8. The highest BCUT2D eigenvalue weighted by atomic mass is 16.4. The second-order valence-electron chi connectivity index (χ2n) is 5.26. The van der Waals surface area contributed by atoms with E-state index in [-0.39, 0.29) is 12.0 Å². The summed E-state index contributed by atoms with van der Waals surface area (Å²) in [5.74, 6) is -1.84. The quantitative estimate of drug-likeness (QED) is 0.874. The molecule has 0 aliphatic heterocycles. The standard InChI is InChI=1S/C15H18O4/c16-13(17)10-15(8-4-1-5-9-15)12-7-3-2-6-11(12)14(18)19/h2-3,6-7H,1,4-5,8-10H2,(H,16,17)(H,18,19). The number of hydrogen-bond acceptors (Lipinski definition) is 2. The number of rotatable bonds is 4. The molecule has 0 radical (unpaired) electrons. The second-order valence-corrected chi connectivity index (χ2v) is 5.26. The first-order valence-corrected chi connectivity index (χ1v) is 6.60. The number of aliphatic carboxylic acids is 1. The number of carboxylic acid groups (broad SMARTS) is 2. The fraction of sp³-hybridized carbons (Fsp3) is 0.467. The van der Waals surface area contributed by atoms with Gasteiger partial charge < -0.3 is 10.2 Å². The topological polar surface area (TPSA) is 74.6 Å². The molecule has 19 heavy (non-hydrogen) atoms. The van der Waals surface area contributed by atoms with Crippen LogP contribution in [0.25, 0.3) is 0 Å². The summed E-state index contributed by atoms with van der Waals surface area (Å²) in [6.45, 7) is 0. The molecule has 4 heteroatoms. The van der Waals surface area contributed by atoms with Gasteiger partial charge in [-0.15, -0.1) is 0 Å². The van der Waals surface area contributed by atoms with Crippen LogP contribution in [0.1, 0.15) is 54.4 Å². The Morgan fingerprint density at radius 3 is 2.26 bits per heavy atom. The van der Waals surface area contributed by atoms with Gasteiger partial charge in [-0.1, -0.05) is 37.5 Å². The van der Waals surface area contributed by atoms with Crippen LogP contribution in [-0.4, -0.2) is 22.2 Å². The monoisotopic (exact) mass is 262 g/mol. The molecule has 102 valence electrons. The summed E-state index contributed by atoms with van der Waals surface area (Å²) in [7, 11) is 0. The van der Waals surface area contributed by atoms with Crippen molar-refractivity contribution in [1.29, 1.82) is 0 Å². The Labute approximate surface area is 112 Å². The summed E-state index contributed by atoms with van der Waals surface area (Å²) in [6, 6.07) is 6.82. The summed E-state index contributed by atoms with van der Waals surface area (Å²) < 4.78 is 0. The Morgan fingerprint density at radius 1 is 1.05 bits per heavy atom.